The number of benzene rings is 1. The van der Waals surface area contributed by atoms with Crippen LogP contribution in [-0.2, 0) is 4.74 Å². The number of hydrogen-bond donors (Lipinski definition) is 2. The Morgan fingerprint density at radius 3 is 2.78 bits per heavy atom. The van der Waals surface area contributed by atoms with Crippen LogP contribution in [0, 0.1) is 0 Å². The van der Waals surface area contributed by atoms with Gasteiger partial charge in [-0.15, -0.1) is 0 Å². The van der Waals surface area contributed by atoms with Crippen LogP contribution in [0.4, 0.5) is 0 Å². The first-order valence-corrected chi connectivity index (χ1v) is 7.01. The van der Waals surface area contributed by atoms with Gasteiger partial charge in [0.05, 0.1) is 31.9 Å². The third kappa shape index (κ3) is 3.80. The third-order valence-corrected chi connectivity index (χ3v) is 3.77. The van der Waals surface area contributed by atoms with E-state index < -0.39 is 0 Å². The van der Waals surface area contributed by atoms with E-state index in [4.69, 9.17) is 4.74 Å². The molecule has 1 aliphatic rings. The second kappa shape index (κ2) is 6.87. The van der Waals surface area contributed by atoms with E-state index in [-0.39, 0.29) is 5.91 Å². The number of amides is 1. The maximum absolute atomic E-state index is 11.9. The van der Waals surface area contributed by atoms with Gasteiger partial charge in [0.25, 0.3) is 5.91 Å². The van der Waals surface area contributed by atoms with E-state index in [0.717, 1.165) is 37.3 Å². The average molecular weight is 314 g/mol. The molecule has 0 radical (unpaired) electrons. The van der Waals surface area contributed by atoms with Gasteiger partial charge in [-0.3, -0.25) is 4.79 Å². The summed E-state index contributed by atoms with van der Waals surface area (Å²) >= 11 is 3.38. The number of morpholine rings is 1. The highest BCUT2D eigenvalue weighted by atomic mass is 79.9. The number of hydrogen-bond acceptors (Lipinski definition) is 2. The van der Waals surface area contributed by atoms with E-state index in [1.807, 2.05) is 24.3 Å². The molecule has 0 aromatic heterocycles. The Labute approximate surface area is 115 Å². The highest BCUT2D eigenvalue weighted by molar-refractivity contribution is 9.10. The topological polar surface area (TPSA) is 42.8 Å². The van der Waals surface area contributed by atoms with Crippen LogP contribution in [0.5, 0.6) is 0 Å². The van der Waals surface area contributed by atoms with Crippen molar-refractivity contribution in [1.29, 1.82) is 0 Å². The Balaban J connectivity index is 1.76. The Morgan fingerprint density at radius 1 is 1.33 bits per heavy atom. The van der Waals surface area contributed by atoms with Crippen molar-refractivity contribution >= 4 is 21.8 Å². The van der Waals surface area contributed by atoms with Crippen LogP contribution in [0.2, 0.25) is 0 Å². The Kier molecular flexibility index (Phi) is 5.16. The summed E-state index contributed by atoms with van der Waals surface area (Å²) in [5.74, 6) is -0.0184. The highest BCUT2D eigenvalue weighted by Crippen LogP contribution is 2.15. The molecule has 0 bridgehead atoms. The van der Waals surface area contributed by atoms with Gasteiger partial charge >= 0.3 is 0 Å². The maximum atomic E-state index is 11.9. The summed E-state index contributed by atoms with van der Waals surface area (Å²) in [5, 5.41) is 2.96. The van der Waals surface area contributed by atoms with E-state index in [9.17, 15) is 4.79 Å². The minimum atomic E-state index is -0.0184. The van der Waals surface area contributed by atoms with Crippen molar-refractivity contribution < 1.29 is 14.4 Å². The molecular formula is C13H18BrN2O2+. The molecule has 1 aromatic carbocycles. The number of halogens is 1. The van der Waals surface area contributed by atoms with Gasteiger partial charge in [0, 0.05) is 4.47 Å². The van der Waals surface area contributed by atoms with E-state index in [0.29, 0.717) is 12.1 Å². The Morgan fingerprint density at radius 2 is 2.06 bits per heavy atom. The Hall–Kier alpha value is -0.910. The average Bonchev–Trinajstić information content (AvgIpc) is 2.40. The lowest BCUT2D eigenvalue weighted by atomic mass is 10.2. The minimum absolute atomic E-state index is 0.0184. The molecule has 1 aliphatic heterocycles. The van der Waals surface area contributed by atoms with Gasteiger partial charge < -0.3 is 15.0 Å². The first-order valence-electron chi connectivity index (χ1n) is 6.21. The Bertz CT molecular complexity index is 406. The zero-order valence-corrected chi connectivity index (χ0v) is 11.8. The van der Waals surface area contributed by atoms with E-state index in [2.05, 4.69) is 21.2 Å². The molecule has 5 heteroatoms. The fraction of sp³-hybridized carbons (Fsp3) is 0.462. The van der Waals surface area contributed by atoms with Gasteiger partial charge in [0.1, 0.15) is 13.1 Å². The fourth-order valence-electron chi connectivity index (χ4n) is 2.00. The van der Waals surface area contributed by atoms with E-state index in [1.54, 1.807) is 0 Å². The molecule has 4 nitrogen and oxygen atoms in total. The van der Waals surface area contributed by atoms with Crippen LogP contribution in [-0.4, -0.2) is 45.3 Å². The molecule has 1 amide bonds. The zero-order chi connectivity index (χ0) is 12.8. The molecule has 0 unspecified atom stereocenters. The SMILES string of the molecule is O=C(NCC[NH+]1CCOCC1)c1ccccc1Br. The van der Waals surface area contributed by atoms with Gasteiger partial charge in [-0.05, 0) is 28.1 Å². The van der Waals surface area contributed by atoms with Crippen molar-refractivity contribution in [3.63, 3.8) is 0 Å². The van der Waals surface area contributed by atoms with Crippen molar-refractivity contribution in [3.05, 3.63) is 34.3 Å². The summed E-state index contributed by atoms with van der Waals surface area (Å²) in [5.41, 5.74) is 0.689. The molecule has 0 spiro atoms. The molecule has 1 saturated heterocycles. The summed E-state index contributed by atoms with van der Waals surface area (Å²) < 4.78 is 6.13. The van der Waals surface area contributed by atoms with Gasteiger partial charge in [-0.1, -0.05) is 12.1 Å². The minimum Gasteiger partial charge on any atom is -0.370 e. The molecule has 0 aliphatic carbocycles. The largest absolute Gasteiger partial charge is 0.370 e. The van der Waals surface area contributed by atoms with Crippen molar-refractivity contribution in [2.45, 2.75) is 0 Å². The monoisotopic (exact) mass is 313 g/mol. The number of nitrogens with one attached hydrogen (secondary N) is 2. The second-order valence-corrected chi connectivity index (χ2v) is 5.20. The molecule has 0 atom stereocenters. The van der Waals surface area contributed by atoms with Gasteiger partial charge in [0.2, 0.25) is 0 Å². The molecule has 2 N–H and O–H groups in total. The first-order chi connectivity index (χ1) is 8.77. The van der Waals surface area contributed by atoms with Crippen molar-refractivity contribution in [1.82, 2.24) is 5.32 Å². The summed E-state index contributed by atoms with van der Waals surface area (Å²) in [6.45, 7) is 5.38. The second-order valence-electron chi connectivity index (χ2n) is 4.35. The molecule has 0 saturated carbocycles. The van der Waals surface area contributed by atoms with Crippen LogP contribution >= 0.6 is 15.9 Å². The third-order valence-electron chi connectivity index (χ3n) is 3.08. The van der Waals surface area contributed by atoms with Crippen LogP contribution in [0.15, 0.2) is 28.7 Å². The number of ether oxygens (including phenoxy) is 1. The standard InChI is InChI=1S/C13H17BrN2O2/c14-12-4-2-1-3-11(12)13(17)15-5-6-16-7-9-18-10-8-16/h1-4H,5-10H2,(H,15,17)/p+1. The lowest BCUT2D eigenvalue weighted by Gasteiger charge is -2.23. The van der Waals surface area contributed by atoms with E-state index >= 15 is 0 Å². The van der Waals surface area contributed by atoms with Crippen LogP contribution in [0.1, 0.15) is 10.4 Å². The molecule has 1 aromatic rings. The highest BCUT2D eigenvalue weighted by Gasteiger charge is 2.14. The summed E-state index contributed by atoms with van der Waals surface area (Å²) in [7, 11) is 0. The van der Waals surface area contributed by atoms with Crippen molar-refractivity contribution in [2.75, 3.05) is 39.4 Å². The molecule has 18 heavy (non-hydrogen) atoms. The smallest absolute Gasteiger partial charge is 0.252 e. The van der Waals surface area contributed by atoms with Crippen molar-refractivity contribution in [2.24, 2.45) is 0 Å². The van der Waals surface area contributed by atoms with Crippen LogP contribution in [0.3, 0.4) is 0 Å². The molecular weight excluding hydrogens is 296 g/mol. The van der Waals surface area contributed by atoms with Crippen molar-refractivity contribution in [3.8, 4) is 0 Å². The van der Waals surface area contributed by atoms with Gasteiger partial charge in [0.15, 0.2) is 0 Å². The molecule has 1 fully saturated rings. The summed E-state index contributed by atoms with van der Waals surface area (Å²) in [4.78, 5) is 13.4. The van der Waals surface area contributed by atoms with Crippen LogP contribution in [0.25, 0.3) is 0 Å². The summed E-state index contributed by atoms with van der Waals surface area (Å²) in [6, 6.07) is 7.47. The summed E-state index contributed by atoms with van der Waals surface area (Å²) in [6.07, 6.45) is 0. The fourth-order valence-corrected chi connectivity index (χ4v) is 2.47. The van der Waals surface area contributed by atoms with Crippen LogP contribution < -0.4 is 10.2 Å². The number of rotatable bonds is 4. The van der Waals surface area contributed by atoms with Gasteiger partial charge in [-0.2, -0.15) is 0 Å². The predicted octanol–water partition coefficient (Wildman–Crippen LogP) is 0.0940. The number of carbonyl (C=O) groups excluding carboxylic acids is 1. The lowest BCUT2D eigenvalue weighted by Crippen LogP contribution is -3.14. The van der Waals surface area contributed by atoms with Gasteiger partial charge in [-0.25, -0.2) is 0 Å². The molecule has 1 heterocycles. The normalized spacial score (nSPS) is 16.5. The molecule has 2 rings (SSSR count). The quantitative estimate of drug-likeness (QED) is 0.827. The first kappa shape index (κ1) is 13.5. The van der Waals surface area contributed by atoms with E-state index in [1.165, 1.54) is 4.90 Å². The maximum Gasteiger partial charge on any atom is 0.252 e. The number of carbonyl (C=O) groups is 1. The zero-order valence-electron chi connectivity index (χ0n) is 10.2. The number of quaternary nitrogens is 1. The predicted molar refractivity (Wildman–Crippen MR) is 72.9 cm³/mol. The molecule has 98 valence electrons. The lowest BCUT2D eigenvalue weighted by molar-refractivity contribution is -0.906.